The SMILES string of the molecule is CC(CNc1nccc(-c2nc(C(C)(C)C)[nH]c2Br)n1)NC(=O)O. The van der Waals surface area contributed by atoms with Crippen LogP contribution in [0.1, 0.15) is 33.5 Å². The van der Waals surface area contributed by atoms with Crippen LogP contribution in [-0.2, 0) is 5.41 Å². The maximum absolute atomic E-state index is 10.6. The van der Waals surface area contributed by atoms with Crippen molar-refractivity contribution in [2.24, 2.45) is 0 Å². The predicted molar refractivity (Wildman–Crippen MR) is 95.1 cm³/mol. The molecule has 0 spiro atoms. The number of hydrogen-bond donors (Lipinski definition) is 4. The van der Waals surface area contributed by atoms with E-state index in [9.17, 15) is 4.79 Å². The Labute approximate surface area is 148 Å². The molecule has 1 unspecified atom stereocenters. The molecule has 2 rings (SSSR count). The molecule has 2 aromatic rings. The lowest BCUT2D eigenvalue weighted by molar-refractivity contribution is 0.191. The topological polar surface area (TPSA) is 116 Å². The number of amides is 1. The number of carbonyl (C=O) groups is 1. The summed E-state index contributed by atoms with van der Waals surface area (Å²) in [5.41, 5.74) is 1.28. The summed E-state index contributed by atoms with van der Waals surface area (Å²) < 4.78 is 0.762. The van der Waals surface area contributed by atoms with E-state index in [2.05, 4.69) is 67.3 Å². The van der Waals surface area contributed by atoms with Crippen molar-refractivity contribution in [1.29, 1.82) is 0 Å². The first-order valence-corrected chi connectivity index (χ1v) is 8.29. The monoisotopic (exact) mass is 396 g/mol. The van der Waals surface area contributed by atoms with E-state index in [0.29, 0.717) is 23.9 Å². The summed E-state index contributed by atoms with van der Waals surface area (Å²) in [4.78, 5) is 27.0. The maximum atomic E-state index is 10.6. The van der Waals surface area contributed by atoms with Gasteiger partial charge in [0.2, 0.25) is 5.95 Å². The highest BCUT2D eigenvalue weighted by Crippen LogP contribution is 2.29. The van der Waals surface area contributed by atoms with Crippen molar-refractivity contribution in [3.63, 3.8) is 0 Å². The molecule has 2 heterocycles. The molecule has 4 N–H and O–H groups in total. The normalized spacial score (nSPS) is 12.7. The fourth-order valence-corrected chi connectivity index (χ4v) is 2.44. The van der Waals surface area contributed by atoms with Crippen LogP contribution in [0.5, 0.6) is 0 Å². The molecule has 8 nitrogen and oxygen atoms in total. The molecule has 9 heteroatoms. The first kappa shape index (κ1) is 18.2. The Morgan fingerprint density at radius 2 is 2.12 bits per heavy atom. The molecule has 1 amide bonds. The highest BCUT2D eigenvalue weighted by Gasteiger charge is 2.21. The van der Waals surface area contributed by atoms with Gasteiger partial charge in [-0.1, -0.05) is 20.8 Å². The molecule has 130 valence electrons. The molecule has 0 saturated carbocycles. The van der Waals surface area contributed by atoms with E-state index in [1.165, 1.54) is 0 Å². The third-order valence-electron chi connectivity index (χ3n) is 3.20. The third-order valence-corrected chi connectivity index (χ3v) is 3.78. The number of anilines is 1. The van der Waals surface area contributed by atoms with Crippen LogP contribution in [0.2, 0.25) is 0 Å². The molecule has 0 aliphatic rings. The predicted octanol–water partition coefficient (Wildman–Crippen LogP) is 2.99. The van der Waals surface area contributed by atoms with E-state index >= 15 is 0 Å². The van der Waals surface area contributed by atoms with E-state index < -0.39 is 6.09 Å². The largest absolute Gasteiger partial charge is 0.465 e. The molecule has 0 fully saturated rings. The highest BCUT2D eigenvalue weighted by molar-refractivity contribution is 9.10. The van der Waals surface area contributed by atoms with Gasteiger partial charge in [-0.15, -0.1) is 0 Å². The summed E-state index contributed by atoms with van der Waals surface area (Å²) in [7, 11) is 0. The molecule has 24 heavy (non-hydrogen) atoms. The molecule has 0 radical (unpaired) electrons. The van der Waals surface area contributed by atoms with Gasteiger partial charge in [0.25, 0.3) is 0 Å². The zero-order chi connectivity index (χ0) is 17.9. The lowest BCUT2D eigenvalue weighted by atomic mass is 9.96. The minimum absolute atomic E-state index is 0.104. The smallest absolute Gasteiger partial charge is 0.404 e. The highest BCUT2D eigenvalue weighted by atomic mass is 79.9. The average Bonchev–Trinajstić information content (AvgIpc) is 2.87. The van der Waals surface area contributed by atoms with Crippen LogP contribution in [0.15, 0.2) is 16.9 Å². The van der Waals surface area contributed by atoms with Crippen LogP contribution in [0.25, 0.3) is 11.4 Å². The number of aromatic nitrogens is 4. The summed E-state index contributed by atoms with van der Waals surface area (Å²) in [5, 5.41) is 14.1. The van der Waals surface area contributed by atoms with E-state index in [1.807, 2.05) is 0 Å². The molecule has 2 aromatic heterocycles. The lowest BCUT2D eigenvalue weighted by Crippen LogP contribution is -2.36. The second-order valence-electron chi connectivity index (χ2n) is 6.49. The van der Waals surface area contributed by atoms with Gasteiger partial charge in [-0.25, -0.2) is 19.7 Å². The molecular formula is C15H21BrN6O2. The third kappa shape index (κ3) is 4.67. The maximum Gasteiger partial charge on any atom is 0.404 e. The van der Waals surface area contributed by atoms with Crippen molar-refractivity contribution in [1.82, 2.24) is 25.3 Å². The Hall–Kier alpha value is -2.16. The Morgan fingerprint density at radius 3 is 2.71 bits per heavy atom. The van der Waals surface area contributed by atoms with Crippen LogP contribution in [-0.4, -0.2) is 43.7 Å². The number of halogens is 1. The van der Waals surface area contributed by atoms with E-state index in [1.54, 1.807) is 19.2 Å². The number of rotatable bonds is 5. The minimum atomic E-state index is -1.06. The molecule has 0 aliphatic carbocycles. The minimum Gasteiger partial charge on any atom is -0.465 e. The molecule has 0 bridgehead atoms. The number of hydrogen-bond acceptors (Lipinski definition) is 5. The molecule has 0 saturated heterocycles. The lowest BCUT2D eigenvalue weighted by Gasteiger charge is -2.14. The molecule has 0 aliphatic heterocycles. The second-order valence-corrected chi connectivity index (χ2v) is 7.29. The molecule has 0 aromatic carbocycles. The fraction of sp³-hybridized carbons (Fsp3) is 0.467. The molecule has 1 atom stereocenters. The fourth-order valence-electron chi connectivity index (χ4n) is 1.96. The van der Waals surface area contributed by atoms with E-state index in [-0.39, 0.29) is 11.5 Å². The van der Waals surface area contributed by atoms with Gasteiger partial charge in [0, 0.05) is 24.2 Å². The van der Waals surface area contributed by atoms with Gasteiger partial charge in [-0.2, -0.15) is 0 Å². The van der Waals surface area contributed by atoms with Crippen molar-refractivity contribution >= 4 is 28.0 Å². The Bertz CT molecular complexity index is 725. The zero-order valence-corrected chi connectivity index (χ0v) is 15.6. The second kappa shape index (κ2) is 7.16. The number of nitrogens with zero attached hydrogens (tertiary/aromatic N) is 3. The van der Waals surface area contributed by atoms with Gasteiger partial charge in [-0.3, -0.25) is 0 Å². The Morgan fingerprint density at radius 1 is 1.42 bits per heavy atom. The van der Waals surface area contributed by atoms with Gasteiger partial charge < -0.3 is 20.7 Å². The van der Waals surface area contributed by atoms with Gasteiger partial charge in [0.05, 0.1) is 5.69 Å². The van der Waals surface area contributed by atoms with Crippen molar-refractivity contribution in [2.75, 3.05) is 11.9 Å². The van der Waals surface area contributed by atoms with Crippen LogP contribution in [0.3, 0.4) is 0 Å². The van der Waals surface area contributed by atoms with Crippen molar-refractivity contribution < 1.29 is 9.90 Å². The number of carboxylic acid groups (broad SMARTS) is 1. The summed E-state index contributed by atoms with van der Waals surface area (Å²) in [6.45, 7) is 8.36. The average molecular weight is 397 g/mol. The van der Waals surface area contributed by atoms with Crippen molar-refractivity contribution in [2.45, 2.75) is 39.2 Å². The zero-order valence-electron chi connectivity index (χ0n) is 14.0. The van der Waals surface area contributed by atoms with Crippen molar-refractivity contribution in [3.8, 4) is 11.4 Å². The van der Waals surface area contributed by atoms with Gasteiger partial charge in [0.1, 0.15) is 16.1 Å². The Kier molecular flexibility index (Phi) is 5.43. The number of aromatic amines is 1. The Balaban J connectivity index is 2.16. The number of imidazole rings is 1. The van der Waals surface area contributed by atoms with Crippen molar-refractivity contribution in [3.05, 3.63) is 22.7 Å². The standard InChI is InChI=1S/C15H21BrN6O2/c1-8(19-14(23)24)7-18-13-17-6-5-9(20-13)10-11(16)22-12(21-10)15(2,3)4/h5-6,8,19H,7H2,1-4H3,(H,21,22)(H,23,24)(H,17,18,20). The van der Waals surface area contributed by atoms with E-state index in [0.717, 1.165) is 10.4 Å². The summed E-state index contributed by atoms with van der Waals surface area (Å²) in [6.07, 6.45) is 0.576. The number of nitrogens with one attached hydrogen (secondary N) is 3. The van der Waals surface area contributed by atoms with Crippen LogP contribution < -0.4 is 10.6 Å². The summed E-state index contributed by atoms with van der Waals surface area (Å²) in [6, 6.07) is 1.51. The van der Waals surface area contributed by atoms with Crippen LogP contribution in [0, 0.1) is 0 Å². The number of H-pyrrole nitrogens is 1. The van der Waals surface area contributed by atoms with Gasteiger partial charge in [-0.05, 0) is 28.9 Å². The van der Waals surface area contributed by atoms with E-state index in [4.69, 9.17) is 5.11 Å². The van der Waals surface area contributed by atoms with Crippen LogP contribution in [0.4, 0.5) is 10.7 Å². The van der Waals surface area contributed by atoms with Crippen LogP contribution >= 0.6 is 15.9 Å². The quantitative estimate of drug-likeness (QED) is 0.617. The first-order valence-electron chi connectivity index (χ1n) is 7.49. The molecular weight excluding hydrogens is 376 g/mol. The van der Waals surface area contributed by atoms with Gasteiger partial charge in [0.15, 0.2) is 0 Å². The summed E-state index contributed by atoms with van der Waals surface area (Å²) in [5.74, 6) is 1.27. The van der Waals surface area contributed by atoms with Gasteiger partial charge >= 0.3 is 6.09 Å². The first-order chi connectivity index (χ1) is 11.2. The summed E-state index contributed by atoms with van der Waals surface area (Å²) >= 11 is 3.49.